The third kappa shape index (κ3) is 2.25. The molecule has 1 atom stereocenters. The highest BCUT2D eigenvalue weighted by Gasteiger charge is 2.17. The molecule has 3 heteroatoms. The zero-order valence-electron chi connectivity index (χ0n) is 10.6. The zero-order valence-corrected chi connectivity index (χ0v) is 11.3. The van der Waals surface area contributed by atoms with Crippen LogP contribution < -0.4 is 5.32 Å². The van der Waals surface area contributed by atoms with Gasteiger partial charge in [0, 0.05) is 5.56 Å². The molecule has 0 radical (unpaired) electrons. The van der Waals surface area contributed by atoms with Gasteiger partial charge >= 0.3 is 0 Å². The second-order valence-corrected chi connectivity index (χ2v) is 4.82. The molecule has 0 aliphatic heterocycles. The van der Waals surface area contributed by atoms with E-state index in [-0.39, 0.29) is 6.04 Å². The SMILES string of the molecule is CNC(c1ccc2ccccc2c1)c1ccoc1Cl. The van der Waals surface area contributed by atoms with E-state index in [4.69, 9.17) is 16.0 Å². The summed E-state index contributed by atoms with van der Waals surface area (Å²) < 4.78 is 5.18. The Balaban J connectivity index is 2.09. The molecule has 96 valence electrons. The summed E-state index contributed by atoms with van der Waals surface area (Å²) in [6, 6.07) is 16.7. The lowest BCUT2D eigenvalue weighted by molar-refractivity contribution is 0.559. The zero-order chi connectivity index (χ0) is 13.2. The second kappa shape index (κ2) is 5.08. The van der Waals surface area contributed by atoms with Gasteiger partial charge in [-0.2, -0.15) is 0 Å². The maximum absolute atomic E-state index is 6.07. The van der Waals surface area contributed by atoms with Crippen molar-refractivity contribution >= 4 is 22.4 Å². The highest BCUT2D eigenvalue weighted by atomic mass is 35.5. The van der Waals surface area contributed by atoms with E-state index in [0.717, 1.165) is 5.56 Å². The van der Waals surface area contributed by atoms with E-state index in [0.29, 0.717) is 5.22 Å². The van der Waals surface area contributed by atoms with Crippen LogP contribution in [0.4, 0.5) is 0 Å². The summed E-state index contributed by atoms with van der Waals surface area (Å²) in [4.78, 5) is 0. The predicted molar refractivity (Wildman–Crippen MR) is 78.6 cm³/mol. The number of rotatable bonds is 3. The lowest BCUT2D eigenvalue weighted by Crippen LogP contribution is -2.17. The van der Waals surface area contributed by atoms with Crippen molar-refractivity contribution in [3.63, 3.8) is 0 Å². The summed E-state index contributed by atoms with van der Waals surface area (Å²) in [7, 11) is 1.92. The van der Waals surface area contributed by atoms with Crippen LogP contribution in [0.2, 0.25) is 5.22 Å². The summed E-state index contributed by atoms with van der Waals surface area (Å²) >= 11 is 6.07. The van der Waals surface area contributed by atoms with Gasteiger partial charge in [0.1, 0.15) is 0 Å². The van der Waals surface area contributed by atoms with Crippen molar-refractivity contribution in [2.75, 3.05) is 7.05 Å². The lowest BCUT2D eigenvalue weighted by Gasteiger charge is -2.16. The fourth-order valence-corrected chi connectivity index (χ4v) is 2.62. The normalized spacial score (nSPS) is 12.7. The maximum Gasteiger partial charge on any atom is 0.198 e. The molecule has 1 aromatic heterocycles. The Hall–Kier alpha value is -1.77. The second-order valence-electron chi connectivity index (χ2n) is 4.48. The molecule has 0 bridgehead atoms. The van der Waals surface area contributed by atoms with Gasteiger partial charge in [0.15, 0.2) is 5.22 Å². The van der Waals surface area contributed by atoms with E-state index in [2.05, 4.69) is 35.6 Å². The smallest absolute Gasteiger partial charge is 0.198 e. The van der Waals surface area contributed by atoms with E-state index >= 15 is 0 Å². The summed E-state index contributed by atoms with van der Waals surface area (Å²) in [6.07, 6.45) is 1.61. The molecule has 1 heterocycles. The molecule has 2 aromatic carbocycles. The van der Waals surface area contributed by atoms with Crippen LogP contribution in [-0.2, 0) is 0 Å². The van der Waals surface area contributed by atoms with E-state index in [1.54, 1.807) is 6.26 Å². The Bertz CT molecular complexity index is 705. The molecule has 0 saturated carbocycles. The molecule has 2 nitrogen and oxygen atoms in total. The summed E-state index contributed by atoms with van der Waals surface area (Å²) in [5.41, 5.74) is 2.13. The van der Waals surface area contributed by atoms with Crippen LogP contribution in [0.3, 0.4) is 0 Å². The number of furan rings is 1. The number of benzene rings is 2. The standard InChI is InChI=1S/C16H14ClNO/c1-18-15(14-8-9-19-16(14)17)13-7-6-11-4-2-3-5-12(11)10-13/h2-10,15,18H,1H3. The summed E-state index contributed by atoms with van der Waals surface area (Å²) in [6.45, 7) is 0. The van der Waals surface area contributed by atoms with Crippen LogP contribution in [0.15, 0.2) is 59.2 Å². The number of halogens is 1. The minimum Gasteiger partial charge on any atom is -0.453 e. The van der Waals surface area contributed by atoms with E-state index in [1.807, 2.05) is 25.2 Å². The van der Waals surface area contributed by atoms with E-state index in [1.165, 1.54) is 16.3 Å². The van der Waals surface area contributed by atoms with Gasteiger partial charge in [-0.1, -0.05) is 36.4 Å². The highest BCUT2D eigenvalue weighted by molar-refractivity contribution is 6.29. The van der Waals surface area contributed by atoms with Gasteiger partial charge in [-0.15, -0.1) is 0 Å². The molecule has 3 rings (SSSR count). The van der Waals surface area contributed by atoms with Crippen molar-refractivity contribution in [2.24, 2.45) is 0 Å². The number of hydrogen-bond acceptors (Lipinski definition) is 2. The quantitative estimate of drug-likeness (QED) is 0.764. The first-order valence-electron chi connectivity index (χ1n) is 6.18. The van der Waals surface area contributed by atoms with Gasteiger partial charge in [-0.25, -0.2) is 0 Å². The van der Waals surface area contributed by atoms with Crippen LogP contribution in [0.5, 0.6) is 0 Å². The molecule has 0 amide bonds. The third-order valence-electron chi connectivity index (χ3n) is 3.35. The monoisotopic (exact) mass is 271 g/mol. The van der Waals surface area contributed by atoms with Crippen LogP contribution in [-0.4, -0.2) is 7.05 Å². The summed E-state index contributed by atoms with van der Waals surface area (Å²) in [5, 5.41) is 6.18. The van der Waals surface area contributed by atoms with Crippen molar-refractivity contribution in [2.45, 2.75) is 6.04 Å². The van der Waals surface area contributed by atoms with Gasteiger partial charge in [0.25, 0.3) is 0 Å². The largest absolute Gasteiger partial charge is 0.453 e. The average Bonchev–Trinajstić information content (AvgIpc) is 2.86. The molecule has 0 spiro atoms. The predicted octanol–water partition coefficient (Wildman–Crippen LogP) is 4.40. The van der Waals surface area contributed by atoms with Crippen LogP contribution in [0, 0.1) is 0 Å². The van der Waals surface area contributed by atoms with Gasteiger partial charge in [0.05, 0.1) is 12.3 Å². The minimum absolute atomic E-state index is 0.0378. The average molecular weight is 272 g/mol. The van der Waals surface area contributed by atoms with Gasteiger partial charge in [-0.3, -0.25) is 0 Å². The fourth-order valence-electron chi connectivity index (χ4n) is 2.40. The first-order chi connectivity index (χ1) is 9.29. The minimum atomic E-state index is 0.0378. The Kier molecular flexibility index (Phi) is 3.28. The van der Waals surface area contributed by atoms with Gasteiger partial charge < -0.3 is 9.73 Å². The molecule has 19 heavy (non-hydrogen) atoms. The number of hydrogen-bond donors (Lipinski definition) is 1. The van der Waals surface area contributed by atoms with Crippen molar-refractivity contribution in [1.29, 1.82) is 0 Å². The lowest BCUT2D eigenvalue weighted by atomic mass is 9.98. The first kappa shape index (κ1) is 12.3. The molecular weight excluding hydrogens is 258 g/mol. The molecule has 0 aliphatic carbocycles. The van der Waals surface area contributed by atoms with E-state index < -0.39 is 0 Å². The van der Waals surface area contributed by atoms with Crippen LogP contribution >= 0.6 is 11.6 Å². The molecule has 0 fully saturated rings. The molecule has 0 saturated heterocycles. The van der Waals surface area contributed by atoms with Crippen molar-refractivity contribution < 1.29 is 4.42 Å². The Labute approximate surface area is 117 Å². The fraction of sp³-hybridized carbons (Fsp3) is 0.125. The van der Waals surface area contributed by atoms with Crippen LogP contribution in [0.1, 0.15) is 17.2 Å². The van der Waals surface area contributed by atoms with Crippen molar-refractivity contribution in [1.82, 2.24) is 5.32 Å². The Morgan fingerprint density at radius 2 is 1.84 bits per heavy atom. The molecular formula is C16H14ClNO. The summed E-state index contributed by atoms with van der Waals surface area (Å²) in [5.74, 6) is 0. The maximum atomic E-state index is 6.07. The Morgan fingerprint density at radius 1 is 1.05 bits per heavy atom. The number of fused-ring (bicyclic) bond motifs is 1. The van der Waals surface area contributed by atoms with Crippen molar-refractivity contribution in [3.05, 3.63) is 71.1 Å². The Morgan fingerprint density at radius 3 is 2.53 bits per heavy atom. The van der Waals surface area contributed by atoms with Gasteiger partial charge in [-0.05, 0) is 47.1 Å². The van der Waals surface area contributed by atoms with Crippen LogP contribution in [0.25, 0.3) is 10.8 Å². The molecule has 1 unspecified atom stereocenters. The molecule has 3 aromatic rings. The molecule has 0 aliphatic rings. The first-order valence-corrected chi connectivity index (χ1v) is 6.56. The topological polar surface area (TPSA) is 25.2 Å². The van der Waals surface area contributed by atoms with E-state index in [9.17, 15) is 0 Å². The highest BCUT2D eigenvalue weighted by Crippen LogP contribution is 2.30. The van der Waals surface area contributed by atoms with Gasteiger partial charge in [0.2, 0.25) is 0 Å². The van der Waals surface area contributed by atoms with Crippen molar-refractivity contribution in [3.8, 4) is 0 Å². The molecule has 1 N–H and O–H groups in total. The number of nitrogens with one attached hydrogen (secondary N) is 1. The third-order valence-corrected chi connectivity index (χ3v) is 3.66.